The van der Waals surface area contributed by atoms with Crippen molar-refractivity contribution >= 4 is 17.7 Å². The van der Waals surface area contributed by atoms with Gasteiger partial charge in [-0.25, -0.2) is 0 Å². The van der Waals surface area contributed by atoms with Gasteiger partial charge in [0.25, 0.3) is 5.91 Å². The van der Waals surface area contributed by atoms with Crippen LogP contribution in [0.4, 0.5) is 0 Å². The molecule has 0 spiro atoms. The van der Waals surface area contributed by atoms with Crippen molar-refractivity contribution in [3.05, 3.63) is 76.7 Å². The van der Waals surface area contributed by atoms with Crippen LogP contribution in [0.1, 0.15) is 24.2 Å². The van der Waals surface area contributed by atoms with Crippen molar-refractivity contribution in [3.8, 4) is 0 Å². The third-order valence-corrected chi connectivity index (χ3v) is 5.32. The first-order valence-electron chi connectivity index (χ1n) is 7.45. The number of thioether (sulfide) groups is 1. The van der Waals surface area contributed by atoms with E-state index in [1.54, 1.807) is 11.8 Å². The fourth-order valence-electron chi connectivity index (χ4n) is 2.62. The highest BCUT2D eigenvalue weighted by Gasteiger charge is 2.31. The van der Waals surface area contributed by atoms with E-state index in [0.717, 1.165) is 5.56 Å². The molecular formula is C19H19NOS. The Labute approximate surface area is 135 Å². The maximum atomic E-state index is 12.7. The van der Waals surface area contributed by atoms with Crippen LogP contribution >= 0.6 is 11.8 Å². The van der Waals surface area contributed by atoms with Gasteiger partial charge in [0.1, 0.15) is 0 Å². The van der Waals surface area contributed by atoms with E-state index in [0.29, 0.717) is 6.54 Å². The van der Waals surface area contributed by atoms with Crippen molar-refractivity contribution in [2.45, 2.75) is 24.8 Å². The van der Waals surface area contributed by atoms with E-state index in [-0.39, 0.29) is 11.9 Å². The van der Waals surface area contributed by atoms with Gasteiger partial charge in [0, 0.05) is 15.4 Å². The van der Waals surface area contributed by atoms with Gasteiger partial charge < -0.3 is 4.90 Å². The van der Waals surface area contributed by atoms with E-state index >= 15 is 0 Å². The third-order valence-electron chi connectivity index (χ3n) is 4.11. The molecule has 0 saturated carbocycles. The molecule has 0 saturated heterocycles. The number of carbonyl (C=O) groups is 1. The molecule has 3 rings (SSSR count). The topological polar surface area (TPSA) is 20.3 Å². The lowest BCUT2D eigenvalue weighted by atomic mass is 10.1. The number of rotatable bonds is 3. The van der Waals surface area contributed by atoms with Gasteiger partial charge in [0.2, 0.25) is 0 Å². The van der Waals surface area contributed by atoms with E-state index in [9.17, 15) is 4.79 Å². The summed E-state index contributed by atoms with van der Waals surface area (Å²) in [6.45, 7) is 4.93. The summed E-state index contributed by atoms with van der Waals surface area (Å²) in [5.74, 6) is 0.108. The Morgan fingerprint density at radius 1 is 1.05 bits per heavy atom. The third kappa shape index (κ3) is 2.95. The molecule has 0 radical (unpaired) electrons. The lowest BCUT2D eigenvalue weighted by Gasteiger charge is -2.23. The normalized spacial score (nSPS) is 17.9. The summed E-state index contributed by atoms with van der Waals surface area (Å²) in [5.41, 5.74) is 2.05. The minimum Gasteiger partial charge on any atom is -0.327 e. The van der Waals surface area contributed by atoms with Gasteiger partial charge in [0.15, 0.2) is 0 Å². The van der Waals surface area contributed by atoms with Gasteiger partial charge >= 0.3 is 0 Å². The molecule has 0 N–H and O–H groups in total. The molecule has 1 heterocycles. The van der Waals surface area contributed by atoms with E-state index < -0.39 is 0 Å². The minimum absolute atomic E-state index is 0.108. The molecule has 0 aromatic heterocycles. The van der Waals surface area contributed by atoms with Crippen LogP contribution in [0.25, 0.3) is 0 Å². The molecule has 0 fully saturated rings. The maximum Gasteiger partial charge on any atom is 0.254 e. The zero-order valence-electron chi connectivity index (χ0n) is 12.8. The average molecular weight is 309 g/mol. The van der Waals surface area contributed by atoms with Gasteiger partial charge in [-0.15, -0.1) is 0 Å². The summed E-state index contributed by atoms with van der Waals surface area (Å²) in [6.07, 6.45) is 0. The lowest BCUT2D eigenvalue weighted by Crippen LogP contribution is -2.35. The summed E-state index contributed by atoms with van der Waals surface area (Å²) in [6, 6.07) is 20.0. The quantitative estimate of drug-likeness (QED) is 0.826. The first kappa shape index (κ1) is 14.9. The summed E-state index contributed by atoms with van der Waals surface area (Å²) in [5, 5.41) is 0. The van der Waals surface area contributed by atoms with Crippen LogP contribution in [0, 0.1) is 0 Å². The zero-order chi connectivity index (χ0) is 15.5. The number of amides is 1. The smallest absolute Gasteiger partial charge is 0.254 e. The van der Waals surface area contributed by atoms with Gasteiger partial charge in [-0.2, -0.15) is 0 Å². The van der Waals surface area contributed by atoms with Crippen molar-refractivity contribution in [2.75, 3.05) is 6.54 Å². The molecule has 1 aliphatic rings. The van der Waals surface area contributed by atoms with Crippen LogP contribution < -0.4 is 0 Å². The predicted octanol–water partition coefficient (Wildman–Crippen LogP) is 4.60. The molecule has 2 nitrogen and oxygen atoms in total. The summed E-state index contributed by atoms with van der Waals surface area (Å²) in [7, 11) is 0. The SMILES string of the molecule is CC1=C(Sc2ccccc2)CN(C(=O)c2ccccc2)[C@H]1C. The Morgan fingerprint density at radius 2 is 1.64 bits per heavy atom. The summed E-state index contributed by atoms with van der Waals surface area (Å²) < 4.78 is 0. The zero-order valence-corrected chi connectivity index (χ0v) is 13.6. The van der Waals surface area contributed by atoms with Crippen molar-refractivity contribution in [3.63, 3.8) is 0 Å². The molecule has 0 aliphatic carbocycles. The van der Waals surface area contributed by atoms with E-state index in [2.05, 4.69) is 26.0 Å². The molecule has 3 heteroatoms. The largest absolute Gasteiger partial charge is 0.327 e. The van der Waals surface area contributed by atoms with E-state index in [1.165, 1.54) is 15.4 Å². The van der Waals surface area contributed by atoms with Crippen LogP contribution in [0.15, 0.2) is 76.0 Å². The molecule has 1 atom stereocenters. The van der Waals surface area contributed by atoms with Crippen LogP contribution in [0.3, 0.4) is 0 Å². The Bertz CT molecular complexity index is 694. The van der Waals surface area contributed by atoms with Gasteiger partial charge in [0.05, 0.1) is 12.6 Å². The molecule has 112 valence electrons. The number of hydrogen-bond donors (Lipinski definition) is 0. The average Bonchev–Trinajstić information content (AvgIpc) is 2.84. The summed E-state index contributed by atoms with van der Waals surface area (Å²) in [4.78, 5) is 17.1. The molecule has 1 aliphatic heterocycles. The van der Waals surface area contributed by atoms with Crippen LogP contribution in [0.2, 0.25) is 0 Å². The molecule has 1 amide bonds. The standard InChI is InChI=1S/C19H19NOS/c1-14-15(2)20(19(21)16-9-5-3-6-10-16)13-18(14)22-17-11-7-4-8-12-17/h3-12,15H,13H2,1-2H3/t15-/m0/s1. The number of nitrogens with zero attached hydrogens (tertiary/aromatic N) is 1. The Morgan fingerprint density at radius 3 is 2.27 bits per heavy atom. The molecule has 0 bridgehead atoms. The molecule has 2 aromatic carbocycles. The molecule has 0 unspecified atom stereocenters. The Balaban J connectivity index is 1.77. The highest BCUT2D eigenvalue weighted by Crippen LogP contribution is 2.36. The van der Waals surface area contributed by atoms with Crippen molar-refractivity contribution in [2.24, 2.45) is 0 Å². The second-order valence-corrected chi connectivity index (χ2v) is 6.66. The van der Waals surface area contributed by atoms with Crippen LogP contribution in [-0.2, 0) is 0 Å². The second-order valence-electron chi connectivity index (χ2n) is 5.50. The number of hydrogen-bond acceptors (Lipinski definition) is 2. The van der Waals surface area contributed by atoms with Gasteiger partial charge in [-0.1, -0.05) is 48.2 Å². The summed E-state index contributed by atoms with van der Waals surface area (Å²) >= 11 is 1.77. The fourth-order valence-corrected chi connectivity index (χ4v) is 3.73. The van der Waals surface area contributed by atoms with Crippen LogP contribution in [0.5, 0.6) is 0 Å². The second kappa shape index (κ2) is 6.41. The van der Waals surface area contributed by atoms with Gasteiger partial charge in [-0.3, -0.25) is 4.79 Å². The maximum absolute atomic E-state index is 12.7. The highest BCUT2D eigenvalue weighted by molar-refractivity contribution is 8.03. The highest BCUT2D eigenvalue weighted by atomic mass is 32.2. The molecule has 22 heavy (non-hydrogen) atoms. The predicted molar refractivity (Wildman–Crippen MR) is 91.9 cm³/mol. The van der Waals surface area contributed by atoms with E-state index in [4.69, 9.17) is 0 Å². The lowest BCUT2D eigenvalue weighted by molar-refractivity contribution is 0.0754. The van der Waals surface area contributed by atoms with E-state index in [1.807, 2.05) is 53.4 Å². The Kier molecular flexibility index (Phi) is 4.34. The fraction of sp³-hybridized carbons (Fsp3) is 0.211. The molecule has 2 aromatic rings. The first-order valence-corrected chi connectivity index (χ1v) is 8.27. The molecular weight excluding hydrogens is 290 g/mol. The minimum atomic E-state index is 0.108. The van der Waals surface area contributed by atoms with Crippen LogP contribution in [-0.4, -0.2) is 23.4 Å². The number of benzene rings is 2. The first-order chi connectivity index (χ1) is 10.7. The van der Waals surface area contributed by atoms with Crippen molar-refractivity contribution in [1.82, 2.24) is 4.90 Å². The number of carbonyl (C=O) groups excluding carboxylic acids is 1. The monoisotopic (exact) mass is 309 g/mol. The van der Waals surface area contributed by atoms with Crippen molar-refractivity contribution in [1.29, 1.82) is 0 Å². The van der Waals surface area contributed by atoms with Gasteiger partial charge in [-0.05, 0) is 43.7 Å². The Hall–Kier alpha value is -2.00. The van der Waals surface area contributed by atoms with Crippen molar-refractivity contribution < 1.29 is 4.79 Å².